The molecule has 0 saturated carbocycles. The van der Waals surface area contributed by atoms with Crippen molar-refractivity contribution in [3.8, 4) is 0 Å². The first-order valence-corrected chi connectivity index (χ1v) is 2.67. The molecule has 1 N–H and O–H groups in total. The number of aldehydes is 1. The van der Waals surface area contributed by atoms with E-state index in [4.69, 9.17) is 4.79 Å². The first kappa shape index (κ1) is 7.88. The Kier molecular flexibility index (Phi) is 4.40. The fourth-order valence-corrected chi connectivity index (χ4v) is 0.344. The van der Waals surface area contributed by atoms with Crippen LogP contribution in [0.3, 0.4) is 0 Å². The number of rotatable bonds is 0. The minimum Gasteiger partial charge on any atom is -0.349 e. The van der Waals surface area contributed by atoms with Gasteiger partial charge in [-0.2, -0.15) is 0 Å². The third-order valence-corrected chi connectivity index (χ3v) is 0.635. The zero-order valence-electron chi connectivity index (χ0n) is 5.59. The van der Waals surface area contributed by atoms with Crippen LogP contribution in [0.4, 0.5) is 0 Å². The van der Waals surface area contributed by atoms with E-state index in [-0.39, 0.29) is 0 Å². The number of carbonyl (C=O) groups excluding carboxylic acids is 1. The lowest BCUT2D eigenvalue weighted by Gasteiger charge is -1.68. The lowest BCUT2D eigenvalue weighted by molar-refractivity contribution is -0.106. The summed E-state index contributed by atoms with van der Waals surface area (Å²) < 4.78 is 0. The number of nitrogens with one attached hydrogen (secondary N) is 1. The smallest absolute Gasteiger partial charge is 0.116 e. The van der Waals surface area contributed by atoms with Gasteiger partial charge in [0.15, 0.2) is 0 Å². The van der Waals surface area contributed by atoms with Crippen LogP contribution in [0.2, 0.25) is 0 Å². The van der Waals surface area contributed by atoms with Gasteiger partial charge >= 0.3 is 0 Å². The van der Waals surface area contributed by atoms with Crippen LogP contribution in [0.15, 0.2) is 12.4 Å². The van der Waals surface area contributed by atoms with Crippen LogP contribution in [-0.4, -0.2) is 16.3 Å². The Hall–Kier alpha value is -1.12. The average molecular weight is 126 g/mol. The van der Waals surface area contributed by atoms with Crippen molar-refractivity contribution in [2.75, 3.05) is 0 Å². The van der Waals surface area contributed by atoms with Gasteiger partial charge in [-0.3, -0.25) is 0 Å². The Bertz CT molecular complexity index is 146. The van der Waals surface area contributed by atoms with Crippen molar-refractivity contribution < 1.29 is 4.79 Å². The first-order chi connectivity index (χ1) is 4.31. The van der Waals surface area contributed by atoms with E-state index in [1.165, 1.54) is 6.92 Å². The minimum atomic E-state index is 0.750. The average Bonchev–Trinajstić information content (AvgIpc) is 2.20. The molecule has 1 aromatic rings. The van der Waals surface area contributed by atoms with Gasteiger partial charge in [0.1, 0.15) is 12.1 Å². The zero-order valence-corrected chi connectivity index (χ0v) is 5.59. The molecule has 0 amide bonds. The van der Waals surface area contributed by atoms with Gasteiger partial charge in [-0.05, 0) is 13.8 Å². The molecule has 0 atom stereocenters. The minimum absolute atomic E-state index is 0.750. The summed E-state index contributed by atoms with van der Waals surface area (Å²) in [6, 6.07) is 0. The van der Waals surface area contributed by atoms with E-state index in [2.05, 4.69) is 9.97 Å². The molecule has 3 heteroatoms. The second-order valence-corrected chi connectivity index (χ2v) is 1.41. The normalized spacial score (nSPS) is 7.33. The van der Waals surface area contributed by atoms with E-state index >= 15 is 0 Å². The van der Waals surface area contributed by atoms with Crippen molar-refractivity contribution in [3.63, 3.8) is 0 Å². The van der Waals surface area contributed by atoms with Gasteiger partial charge in [0.25, 0.3) is 0 Å². The quantitative estimate of drug-likeness (QED) is 0.525. The molecule has 0 aromatic carbocycles. The lowest BCUT2D eigenvalue weighted by Crippen LogP contribution is -1.66. The van der Waals surface area contributed by atoms with Gasteiger partial charge in [0, 0.05) is 12.4 Å². The van der Waals surface area contributed by atoms with Crippen LogP contribution in [-0.2, 0) is 4.79 Å². The summed E-state index contributed by atoms with van der Waals surface area (Å²) in [6.45, 7) is 3.36. The number of carbonyl (C=O) groups is 1. The van der Waals surface area contributed by atoms with Gasteiger partial charge in [0.2, 0.25) is 0 Å². The molecular formula is C6H10N2O. The Labute approximate surface area is 54.1 Å². The van der Waals surface area contributed by atoms with Crippen LogP contribution in [0.25, 0.3) is 0 Å². The number of hydrogen-bond acceptors (Lipinski definition) is 2. The molecule has 1 aromatic heterocycles. The molecular weight excluding hydrogens is 116 g/mol. The predicted molar refractivity (Wildman–Crippen MR) is 35.1 cm³/mol. The third kappa shape index (κ3) is 4.74. The van der Waals surface area contributed by atoms with E-state index in [0.717, 1.165) is 12.1 Å². The number of H-pyrrole nitrogens is 1. The summed E-state index contributed by atoms with van der Waals surface area (Å²) in [4.78, 5) is 15.6. The summed E-state index contributed by atoms with van der Waals surface area (Å²) in [5, 5.41) is 0. The van der Waals surface area contributed by atoms with Gasteiger partial charge in [-0.25, -0.2) is 4.98 Å². The van der Waals surface area contributed by atoms with Crippen molar-refractivity contribution in [1.82, 2.24) is 9.97 Å². The molecule has 50 valence electrons. The summed E-state index contributed by atoms with van der Waals surface area (Å²) in [7, 11) is 0. The second-order valence-electron chi connectivity index (χ2n) is 1.41. The second kappa shape index (κ2) is 5.03. The van der Waals surface area contributed by atoms with Crippen molar-refractivity contribution in [2.45, 2.75) is 13.8 Å². The molecule has 0 spiro atoms. The van der Waals surface area contributed by atoms with Crippen LogP contribution in [0.1, 0.15) is 12.7 Å². The van der Waals surface area contributed by atoms with Gasteiger partial charge < -0.3 is 9.78 Å². The van der Waals surface area contributed by atoms with Gasteiger partial charge in [-0.1, -0.05) is 0 Å². The number of hydrogen-bond donors (Lipinski definition) is 1. The maximum atomic E-state index is 8.81. The number of aromatic amines is 1. The number of nitrogens with zero attached hydrogens (tertiary/aromatic N) is 1. The van der Waals surface area contributed by atoms with Gasteiger partial charge in [-0.15, -0.1) is 0 Å². The van der Waals surface area contributed by atoms with Crippen molar-refractivity contribution in [1.29, 1.82) is 0 Å². The van der Waals surface area contributed by atoms with Crippen LogP contribution >= 0.6 is 0 Å². The molecule has 0 radical (unpaired) electrons. The van der Waals surface area contributed by atoms with E-state index in [0.29, 0.717) is 0 Å². The first-order valence-electron chi connectivity index (χ1n) is 2.67. The highest BCUT2D eigenvalue weighted by Gasteiger charge is 1.73. The third-order valence-electron chi connectivity index (χ3n) is 0.635. The summed E-state index contributed by atoms with van der Waals surface area (Å²) in [5.41, 5.74) is 0. The number of aryl methyl sites for hydroxylation is 1. The molecule has 0 saturated heterocycles. The monoisotopic (exact) mass is 126 g/mol. The maximum Gasteiger partial charge on any atom is 0.116 e. The molecule has 0 fully saturated rings. The summed E-state index contributed by atoms with van der Waals surface area (Å²) >= 11 is 0. The van der Waals surface area contributed by atoms with Crippen LogP contribution in [0.5, 0.6) is 0 Å². The Morgan fingerprint density at radius 1 is 1.78 bits per heavy atom. The lowest BCUT2D eigenvalue weighted by atomic mass is 10.8. The van der Waals surface area contributed by atoms with Crippen LogP contribution < -0.4 is 0 Å². The molecule has 0 aliphatic heterocycles. The molecule has 0 bridgehead atoms. The van der Waals surface area contributed by atoms with E-state index in [9.17, 15) is 0 Å². The topological polar surface area (TPSA) is 45.8 Å². The fraction of sp³-hybridized carbons (Fsp3) is 0.333. The number of aromatic nitrogens is 2. The molecule has 0 aliphatic rings. The maximum absolute atomic E-state index is 8.81. The van der Waals surface area contributed by atoms with E-state index in [1.54, 1.807) is 12.4 Å². The largest absolute Gasteiger partial charge is 0.349 e. The van der Waals surface area contributed by atoms with E-state index in [1.807, 2.05) is 6.92 Å². The summed E-state index contributed by atoms with van der Waals surface area (Å²) in [6.07, 6.45) is 4.28. The Morgan fingerprint density at radius 2 is 2.33 bits per heavy atom. The molecule has 3 nitrogen and oxygen atoms in total. The molecule has 9 heavy (non-hydrogen) atoms. The van der Waals surface area contributed by atoms with Crippen molar-refractivity contribution in [2.24, 2.45) is 0 Å². The van der Waals surface area contributed by atoms with Gasteiger partial charge in [0.05, 0.1) is 0 Å². The van der Waals surface area contributed by atoms with Crippen LogP contribution in [0, 0.1) is 6.92 Å². The number of imidazole rings is 1. The Balaban J connectivity index is 0.000000187. The zero-order chi connectivity index (χ0) is 7.11. The van der Waals surface area contributed by atoms with Crippen molar-refractivity contribution >= 4 is 6.29 Å². The summed E-state index contributed by atoms with van der Waals surface area (Å²) in [5.74, 6) is 0.968. The molecule has 0 aliphatic carbocycles. The predicted octanol–water partition coefficient (Wildman–Crippen LogP) is 0.923. The highest BCUT2D eigenvalue weighted by Crippen LogP contribution is 1.78. The molecule has 1 heterocycles. The SMILES string of the molecule is CC=O.Cc1ncc[nH]1. The molecule has 1 rings (SSSR count). The highest BCUT2D eigenvalue weighted by atomic mass is 16.1. The Morgan fingerprint density at radius 3 is 2.44 bits per heavy atom. The standard InChI is InChI=1S/C4H6N2.C2H4O/c1-4-5-2-3-6-4;1-2-3/h2-3H,1H3,(H,5,6);2H,1H3. The van der Waals surface area contributed by atoms with E-state index < -0.39 is 0 Å². The fourth-order valence-electron chi connectivity index (χ4n) is 0.344. The highest BCUT2D eigenvalue weighted by molar-refractivity contribution is 5.44. The molecule has 0 unspecified atom stereocenters. The van der Waals surface area contributed by atoms with Crippen molar-refractivity contribution in [3.05, 3.63) is 18.2 Å².